The van der Waals surface area contributed by atoms with E-state index >= 15 is 0 Å². The van der Waals surface area contributed by atoms with E-state index in [0.29, 0.717) is 30.1 Å². The van der Waals surface area contributed by atoms with Crippen molar-refractivity contribution in [2.24, 2.45) is 0 Å². The molecular weight excluding hydrogens is 377 g/mol. The van der Waals surface area contributed by atoms with Crippen molar-refractivity contribution in [3.63, 3.8) is 0 Å². The number of urea groups is 1. The number of rotatable bonds is 8. The largest absolute Gasteiger partial charge is 0.467 e. The van der Waals surface area contributed by atoms with Gasteiger partial charge >= 0.3 is 12.0 Å². The highest BCUT2D eigenvalue weighted by molar-refractivity contribution is 5.95. The summed E-state index contributed by atoms with van der Waals surface area (Å²) in [6.07, 6.45) is 1.48. The molecule has 0 bridgehead atoms. The van der Waals surface area contributed by atoms with Crippen molar-refractivity contribution in [3.05, 3.63) is 71.1 Å². The molecule has 29 heavy (non-hydrogen) atoms. The number of ether oxygens (including phenoxy) is 1. The maximum Gasteiger partial charge on any atom is 0.338 e. The second-order valence-electron chi connectivity index (χ2n) is 6.59. The summed E-state index contributed by atoms with van der Waals surface area (Å²) in [7, 11) is 0. The third-order valence-corrected chi connectivity index (χ3v) is 4.60. The smallest absolute Gasteiger partial charge is 0.338 e. The number of amides is 2. The molecule has 2 aromatic rings. The van der Waals surface area contributed by atoms with Crippen LogP contribution in [0.25, 0.3) is 0 Å². The van der Waals surface area contributed by atoms with Crippen LogP contribution < -0.4 is 10.6 Å². The van der Waals surface area contributed by atoms with Crippen LogP contribution in [-0.4, -0.2) is 36.6 Å². The Morgan fingerprint density at radius 2 is 2.07 bits per heavy atom. The van der Waals surface area contributed by atoms with Gasteiger partial charge in [-0.2, -0.15) is 0 Å². The minimum absolute atomic E-state index is 0.204. The topological polar surface area (TPSA) is 83.8 Å². The van der Waals surface area contributed by atoms with Gasteiger partial charge in [-0.3, -0.25) is 4.90 Å². The summed E-state index contributed by atoms with van der Waals surface area (Å²) in [5.74, 6) is -0.398. The number of nitrogens with zero attached hydrogens (tertiary/aromatic N) is 1. The Morgan fingerprint density at radius 3 is 2.72 bits per heavy atom. The first-order valence-corrected chi connectivity index (χ1v) is 9.49. The van der Waals surface area contributed by atoms with Crippen molar-refractivity contribution in [2.75, 3.05) is 19.7 Å². The predicted octanol–water partition coefficient (Wildman–Crippen LogP) is 3.11. The Balaban J connectivity index is 1.92. The summed E-state index contributed by atoms with van der Waals surface area (Å²) in [6, 6.07) is 8.54. The van der Waals surface area contributed by atoms with E-state index in [4.69, 9.17) is 9.15 Å². The van der Waals surface area contributed by atoms with Crippen molar-refractivity contribution in [1.82, 2.24) is 15.5 Å². The highest BCUT2D eigenvalue weighted by atomic mass is 19.1. The summed E-state index contributed by atoms with van der Waals surface area (Å²) in [6.45, 7) is 5.25. The van der Waals surface area contributed by atoms with Gasteiger partial charge in [0.25, 0.3) is 0 Å². The highest BCUT2D eigenvalue weighted by Gasteiger charge is 2.35. The minimum atomic E-state index is -0.749. The van der Waals surface area contributed by atoms with Crippen molar-refractivity contribution >= 4 is 12.0 Å². The van der Waals surface area contributed by atoms with E-state index < -0.39 is 18.0 Å². The van der Waals surface area contributed by atoms with Crippen molar-refractivity contribution in [1.29, 1.82) is 0 Å². The zero-order valence-electron chi connectivity index (χ0n) is 16.4. The van der Waals surface area contributed by atoms with E-state index in [1.807, 2.05) is 17.9 Å². The van der Waals surface area contributed by atoms with Crippen molar-refractivity contribution < 1.29 is 23.1 Å². The van der Waals surface area contributed by atoms with E-state index in [1.54, 1.807) is 25.1 Å². The Morgan fingerprint density at radius 1 is 1.24 bits per heavy atom. The number of benzene rings is 1. The molecule has 1 aromatic heterocycles. The lowest BCUT2D eigenvalue weighted by Gasteiger charge is -2.30. The van der Waals surface area contributed by atoms with E-state index in [9.17, 15) is 14.0 Å². The molecule has 8 heteroatoms. The third-order valence-electron chi connectivity index (χ3n) is 4.60. The van der Waals surface area contributed by atoms with E-state index in [2.05, 4.69) is 10.6 Å². The summed E-state index contributed by atoms with van der Waals surface area (Å²) >= 11 is 0. The lowest BCUT2D eigenvalue weighted by Crippen LogP contribution is -2.48. The fourth-order valence-corrected chi connectivity index (χ4v) is 3.26. The Bertz CT molecular complexity index is 895. The van der Waals surface area contributed by atoms with Gasteiger partial charge in [0.15, 0.2) is 0 Å². The fraction of sp³-hybridized carbons (Fsp3) is 0.333. The van der Waals surface area contributed by atoms with Crippen LogP contribution in [0.4, 0.5) is 9.18 Å². The lowest BCUT2D eigenvalue weighted by atomic mass is 9.99. The zero-order chi connectivity index (χ0) is 20.8. The Hall–Kier alpha value is -3.13. The van der Waals surface area contributed by atoms with Gasteiger partial charge in [0.05, 0.1) is 18.4 Å². The SMILES string of the molecule is CCOC(=O)C1=C(CN(CC)Cc2cccc(F)c2)NC(=O)NC1c1ccco1. The first-order chi connectivity index (χ1) is 14.0. The second-order valence-corrected chi connectivity index (χ2v) is 6.59. The monoisotopic (exact) mass is 401 g/mol. The van der Waals surface area contributed by atoms with Gasteiger partial charge in [-0.05, 0) is 43.3 Å². The Kier molecular flexibility index (Phi) is 6.66. The lowest BCUT2D eigenvalue weighted by molar-refractivity contribution is -0.139. The Labute approximate surface area is 168 Å². The van der Waals surface area contributed by atoms with Crippen LogP contribution in [0, 0.1) is 5.82 Å². The number of carbonyl (C=O) groups is 2. The van der Waals surface area contributed by atoms with Gasteiger partial charge in [0, 0.05) is 18.8 Å². The van der Waals surface area contributed by atoms with Crippen LogP contribution in [-0.2, 0) is 16.1 Å². The zero-order valence-corrected chi connectivity index (χ0v) is 16.4. The number of hydrogen-bond acceptors (Lipinski definition) is 5. The van der Waals surface area contributed by atoms with Crippen LogP contribution in [0.3, 0.4) is 0 Å². The molecule has 0 aliphatic carbocycles. The molecule has 2 heterocycles. The normalized spacial score (nSPS) is 16.6. The second kappa shape index (κ2) is 9.38. The van der Waals surface area contributed by atoms with Gasteiger partial charge in [-0.15, -0.1) is 0 Å². The van der Waals surface area contributed by atoms with Crippen LogP contribution in [0.2, 0.25) is 0 Å². The van der Waals surface area contributed by atoms with Crippen molar-refractivity contribution in [2.45, 2.75) is 26.4 Å². The van der Waals surface area contributed by atoms with Gasteiger partial charge in [0.1, 0.15) is 17.6 Å². The quantitative estimate of drug-likeness (QED) is 0.664. The van der Waals surface area contributed by atoms with Gasteiger partial charge < -0.3 is 19.8 Å². The molecule has 7 nitrogen and oxygen atoms in total. The van der Waals surface area contributed by atoms with Gasteiger partial charge in [0.2, 0.25) is 0 Å². The van der Waals surface area contributed by atoms with E-state index in [-0.39, 0.29) is 19.0 Å². The van der Waals surface area contributed by atoms with Crippen LogP contribution >= 0.6 is 0 Å². The maximum atomic E-state index is 13.5. The predicted molar refractivity (Wildman–Crippen MR) is 104 cm³/mol. The van der Waals surface area contributed by atoms with Gasteiger partial charge in [-0.1, -0.05) is 19.1 Å². The molecule has 2 amide bonds. The molecule has 1 aliphatic heterocycles. The first-order valence-electron chi connectivity index (χ1n) is 9.49. The summed E-state index contributed by atoms with van der Waals surface area (Å²) in [5.41, 5.74) is 1.53. The minimum Gasteiger partial charge on any atom is -0.467 e. The highest BCUT2D eigenvalue weighted by Crippen LogP contribution is 2.28. The number of nitrogens with one attached hydrogen (secondary N) is 2. The number of esters is 1. The molecule has 3 rings (SSSR count). The number of carbonyl (C=O) groups excluding carboxylic acids is 2. The van der Waals surface area contributed by atoms with Crippen LogP contribution in [0.1, 0.15) is 31.2 Å². The molecule has 0 saturated heterocycles. The molecule has 1 unspecified atom stereocenters. The standard InChI is InChI=1S/C21H24FN3O4/c1-3-25(12-14-7-5-8-15(22)11-14)13-16-18(20(26)28-4-2)19(24-21(27)23-16)17-9-6-10-29-17/h5-11,19H,3-4,12-13H2,1-2H3,(H2,23,24,27). The molecule has 1 aliphatic rings. The van der Waals surface area contributed by atoms with Crippen molar-refractivity contribution in [3.8, 4) is 0 Å². The summed E-state index contributed by atoms with van der Waals surface area (Å²) in [4.78, 5) is 27.0. The fourth-order valence-electron chi connectivity index (χ4n) is 3.26. The molecule has 2 N–H and O–H groups in total. The average molecular weight is 401 g/mol. The van der Waals surface area contributed by atoms with E-state index in [1.165, 1.54) is 18.4 Å². The molecule has 1 atom stereocenters. The molecular formula is C21H24FN3O4. The van der Waals surface area contributed by atoms with Gasteiger partial charge in [-0.25, -0.2) is 14.0 Å². The average Bonchev–Trinajstić information content (AvgIpc) is 3.22. The number of halogens is 1. The number of hydrogen-bond donors (Lipinski definition) is 2. The molecule has 154 valence electrons. The third kappa shape index (κ3) is 5.03. The molecule has 0 spiro atoms. The number of furan rings is 1. The molecule has 1 aromatic carbocycles. The summed E-state index contributed by atoms with van der Waals surface area (Å²) < 4.78 is 24.2. The van der Waals surface area contributed by atoms with Crippen LogP contribution in [0.5, 0.6) is 0 Å². The molecule has 0 fully saturated rings. The number of likely N-dealkylation sites (N-methyl/N-ethyl adjacent to an activating group) is 1. The molecule has 0 saturated carbocycles. The first kappa shape index (κ1) is 20.6. The van der Waals surface area contributed by atoms with E-state index in [0.717, 1.165) is 5.56 Å². The summed E-state index contributed by atoms with van der Waals surface area (Å²) in [5, 5.41) is 5.45. The maximum absolute atomic E-state index is 13.5. The molecule has 0 radical (unpaired) electrons. The van der Waals surface area contributed by atoms with Crippen LogP contribution in [0.15, 0.2) is 58.3 Å².